The number of fused-ring (bicyclic) bond motifs is 1. The summed E-state index contributed by atoms with van der Waals surface area (Å²) in [6.07, 6.45) is 0. The number of hydrogen-bond acceptors (Lipinski definition) is 3. The average Bonchev–Trinajstić information content (AvgIpc) is 2.32. The number of amides is 1. The fourth-order valence-electron chi connectivity index (χ4n) is 1.25. The molecule has 13 heavy (non-hydrogen) atoms. The molecule has 1 aliphatic heterocycles. The molecule has 1 aromatic rings. The van der Waals surface area contributed by atoms with Gasteiger partial charge in [0.15, 0.2) is 11.0 Å². The van der Waals surface area contributed by atoms with Crippen LogP contribution in [0.3, 0.4) is 0 Å². The number of rotatable bonds is 0. The Balaban J connectivity index is 2.67. The molecule has 0 aliphatic carbocycles. The van der Waals surface area contributed by atoms with Crippen LogP contribution in [0.1, 0.15) is 15.9 Å². The molecule has 0 aromatic heterocycles. The van der Waals surface area contributed by atoms with Crippen LogP contribution in [-0.2, 0) is 11.0 Å². The molecule has 2 rings (SSSR count). The van der Waals surface area contributed by atoms with E-state index in [0.717, 1.165) is 9.98 Å². The predicted octanol–water partition coefficient (Wildman–Crippen LogP) is 0.347. The molecule has 1 heterocycles. The van der Waals surface area contributed by atoms with Gasteiger partial charge in [-0.25, -0.2) is 10.1 Å². The maximum Gasteiger partial charge on any atom is 0.281 e. The van der Waals surface area contributed by atoms with E-state index in [-0.39, 0.29) is 5.91 Å². The minimum Gasteiger partial charge on any atom is -0.267 e. The van der Waals surface area contributed by atoms with Crippen molar-refractivity contribution < 1.29 is 9.00 Å². The third-order valence-corrected chi connectivity index (χ3v) is 3.17. The van der Waals surface area contributed by atoms with Gasteiger partial charge in [0.25, 0.3) is 5.91 Å². The Morgan fingerprint density at radius 2 is 2.15 bits per heavy atom. The van der Waals surface area contributed by atoms with Crippen LogP contribution in [0, 0.1) is 6.92 Å². The van der Waals surface area contributed by atoms with Gasteiger partial charge in [-0.1, -0.05) is 6.07 Å². The SMILES string of the molecule is Cc1ccc2c(c1)S(=O)N(N)C2=O. The van der Waals surface area contributed by atoms with Crippen LogP contribution in [0.2, 0.25) is 0 Å². The number of aryl methyl sites for hydroxylation is 1. The maximum absolute atomic E-state index is 11.5. The fraction of sp³-hybridized carbons (Fsp3) is 0.125. The van der Waals surface area contributed by atoms with Gasteiger partial charge in [0.05, 0.1) is 10.5 Å². The summed E-state index contributed by atoms with van der Waals surface area (Å²) in [5.41, 5.74) is 1.40. The number of nitrogens with two attached hydrogens (primary N) is 1. The van der Waals surface area contributed by atoms with E-state index in [1.807, 2.05) is 6.92 Å². The van der Waals surface area contributed by atoms with Crippen LogP contribution >= 0.6 is 0 Å². The predicted molar refractivity (Wildman–Crippen MR) is 47.9 cm³/mol. The Hall–Kier alpha value is -1.20. The lowest BCUT2D eigenvalue weighted by atomic mass is 10.1. The molecule has 5 heteroatoms. The quantitative estimate of drug-likeness (QED) is 0.481. The van der Waals surface area contributed by atoms with E-state index in [1.165, 1.54) is 0 Å². The van der Waals surface area contributed by atoms with Crippen LogP contribution < -0.4 is 5.84 Å². The molecule has 1 atom stereocenters. The third kappa shape index (κ3) is 1.08. The number of hydrogen-bond donors (Lipinski definition) is 1. The molecule has 4 nitrogen and oxygen atoms in total. The first-order valence-electron chi connectivity index (χ1n) is 3.73. The Bertz CT molecular complexity index is 417. The normalized spacial score (nSPS) is 20.6. The van der Waals surface area contributed by atoms with E-state index in [2.05, 4.69) is 0 Å². The summed E-state index contributed by atoms with van der Waals surface area (Å²) in [7, 11) is -1.52. The van der Waals surface area contributed by atoms with E-state index >= 15 is 0 Å². The van der Waals surface area contributed by atoms with Crippen molar-refractivity contribution in [3.8, 4) is 0 Å². The van der Waals surface area contributed by atoms with Crippen molar-refractivity contribution in [2.24, 2.45) is 5.84 Å². The molecule has 68 valence electrons. The van der Waals surface area contributed by atoms with E-state index < -0.39 is 11.0 Å². The number of hydrazine groups is 1. The van der Waals surface area contributed by atoms with Crippen LogP contribution in [0.25, 0.3) is 0 Å². The Kier molecular flexibility index (Phi) is 1.71. The van der Waals surface area contributed by atoms with Gasteiger partial charge in [-0.05, 0) is 24.6 Å². The molecule has 0 fully saturated rings. The number of carbonyl (C=O) groups excluding carboxylic acids is 1. The van der Waals surface area contributed by atoms with Crippen molar-refractivity contribution in [1.29, 1.82) is 0 Å². The zero-order chi connectivity index (χ0) is 9.59. The van der Waals surface area contributed by atoms with Gasteiger partial charge in [0.1, 0.15) is 0 Å². The zero-order valence-electron chi connectivity index (χ0n) is 6.98. The van der Waals surface area contributed by atoms with Crippen molar-refractivity contribution >= 4 is 16.9 Å². The van der Waals surface area contributed by atoms with Gasteiger partial charge in [-0.3, -0.25) is 4.79 Å². The average molecular weight is 196 g/mol. The maximum atomic E-state index is 11.5. The highest BCUT2D eigenvalue weighted by molar-refractivity contribution is 7.83. The van der Waals surface area contributed by atoms with E-state index in [4.69, 9.17) is 5.84 Å². The fourth-order valence-corrected chi connectivity index (χ4v) is 2.34. The molecule has 1 amide bonds. The summed E-state index contributed by atoms with van der Waals surface area (Å²) in [6.45, 7) is 1.88. The molecule has 1 unspecified atom stereocenters. The molecule has 1 aliphatic rings. The Morgan fingerprint density at radius 1 is 1.46 bits per heavy atom. The lowest BCUT2D eigenvalue weighted by molar-refractivity contribution is 0.0875. The second-order valence-corrected chi connectivity index (χ2v) is 4.21. The minimum atomic E-state index is -1.52. The van der Waals surface area contributed by atoms with Gasteiger partial charge in [-0.2, -0.15) is 4.41 Å². The lowest BCUT2D eigenvalue weighted by Gasteiger charge is -2.02. The lowest BCUT2D eigenvalue weighted by Crippen LogP contribution is -2.32. The number of nitrogens with zero attached hydrogens (tertiary/aromatic N) is 1. The van der Waals surface area contributed by atoms with Gasteiger partial charge in [0.2, 0.25) is 0 Å². The monoisotopic (exact) mass is 196 g/mol. The second-order valence-electron chi connectivity index (χ2n) is 2.88. The molecule has 0 saturated heterocycles. The summed E-state index contributed by atoms with van der Waals surface area (Å²) in [4.78, 5) is 11.8. The third-order valence-electron chi connectivity index (χ3n) is 1.93. The largest absolute Gasteiger partial charge is 0.281 e. The van der Waals surface area contributed by atoms with Crippen molar-refractivity contribution in [3.63, 3.8) is 0 Å². The van der Waals surface area contributed by atoms with Gasteiger partial charge in [0, 0.05) is 0 Å². The molecule has 1 aromatic carbocycles. The summed E-state index contributed by atoms with van der Waals surface area (Å²) in [5, 5.41) is 0. The van der Waals surface area contributed by atoms with Crippen LogP contribution in [0.4, 0.5) is 0 Å². The van der Waals surface area contributed by atoms with E-state index in [0.29, 0.717) is 10.5 Å². The van der Waals surface area contributed by atoms with Crippen LogP contribution in [-0.4, -0.2) is 14.5 Å². The highest BCUT2D eigenvalue weighted by Crippen LogP contribution is 2.25. The van der Waals surface area contributed by atoms with Crippen molar-refractivity contribution in [2.45, 2.75) is 11.8 Å². The van der Waals surface area contributed by atoms with Gasteiger partial charge < -0.3 is 0 Å². The van der Waals surface area contributed by atoms with Crippen molar-refractivity contribution in [1.82, 2.24) is 4.41 Å². The molecule has 0 bridgehead atoms. The molecular formula is C8H8N2O2S. The Morgan fingerprint density at radius 3 is 2.85 bits per heavy atom. The van der Waals surface area contributed by atoms with E-state index in [9.17, 15) is 9.00 Å². The standard InChI is InChI=1S/C8H8N2O2S/c1-5-2-3-6-7(4-5)13(12)10(9)8(6)11/h2-4H,9H2,1H3. The minimum absolute atomic E-state index is 0.381. The van der Waals surface area contributed by atoms with Crippen molar-refractivity contribution in [3.05, 3.63) is 29.3 Å². The zero-order valence-corrected chi connectivity index (χ0v) is 7.80. The van der Waals surface area contributed by atoms with Crippen LogP contribution in [0.5, 0.6) is 0 Å². The topological polar surface area (TPSA) is 63.4 Å². The van der Waals surface area contributed by atoms with Gasteiger partial charge in [-0.15, -0.1) is 0 Å². The first kappa shape index (κ1) is 8.40. The smallest absolute Gasteiger partial charge is 0.267 e. The first-order valence-corrected chi connectivity index (χ1v) is 4.83. The molecule has 0 spiro atoms. The number of carbonyl (C=O) groups is 1. The summed E-state index contributed by atoms with van der Waals surface area (Å²) in [6, 6.07) is 5.17. The second kappa shape index (κ2) is 2.65. The van der Waals surface area contributed by atoms with E-state index in [1.54, 1.807) is 18.2 Å². The Labute approximate surface area is 77.9 Å². The van der Waals surface area contributed by atoms with Crippen LogP contribution in [0.15, 0.2) is 23.1 Å². The summed E-state index contributed by atoms with van der Waals surface area (Å²) in [5.74, 6) is 4.92. The van der Waals surface area contributed by atoms with Gasteiger partial charge >= 0.3 is 0 Å². The van der Waals surface area contributed by atoms with Crippen molar-refractivity contribution in [2.75, 3.05) is 0 Å². The number of benzene rings is 1. The summed E-state index contributed by atoms with van der Waals surface area (Å²) >= 11 is 0. The molecular weight excluding hydrogens is 188 g/mol. The highest BCUT2D eigenvalue weighted by Gasteiger charge is 2.32. The first-order chi connectivity index (χ1) is 6.11. The molecule has 0 saturated carbocycles. The summed E-state index contributed by atoms with van der Waals surface area (Å²) < 4.78 is 12.2. The molecule has 0 radical (unpaired) electrons. The highest BCUT2D eigenvalue weighted by atomic mass is 32.2. The molecule has 2 N–H and O–H groups in total.